The maximum absolute atomic E-state index is 11.5. The Bertz CT molecular complexity index is 953. The van der Waals surface area contributed by atoms with E-state index in [-0.39, 0.29) is 28.9 Å². The summed E-state index contributed by atoms with van der Waals surface area (Å²) in [5.74, 6) is 1.39. The van der Waals surface area contributed by atoms with Crippen molar-refractivity contribution in [2.75, 3.05) is 39.5 Å². The Morgan fingerprint density at radius 3 is 2.50 bits per heavy atom. The summed E-state index contributed by atoms with van der Waals surface area (Å²) < 4.78 is 28.7. The second-order valence-electron chi connectivity index (χ2n) is 7.72. The Balaban J connectivity index is 0.00000363. The predicted octanol–water partition coefficient (Wildman–Crippen LogP) is 2.92. The van der Waals surface area contributed by atoms with Crippen LogP contribution in [-0.4, -0.2) is 64.9 Å². The first-order valence-corrected chi connectivity index (χ1v) is 12.5. The highest BCUT2D eigenvalue weighted by atomic mass is 127. The van der Waals surface area contributed by atoms with Gasteiger partial charge in [-0.1, -0.05) is 30.3 Å². The summed E-state index contributed by atoms with van der Waals surface area (Å²) in [4.78, 5) is 7.11. The maximum atomic E-state index is 11.5. The lowest BCUT2D eigenvalue weighted by atomic mass is 10.2. The molecule has 1 heterocycles. The number of benzene rings is 2. The van der Waals surface area contributed by atoms with E-state index >= 15 is 0 Å². The molecule has 0 spiro atoms. The van der Waals surface area contributed by atoms with Crippen molar-refractivity contribution in [3.63, 3.8) is 0 Å². The average Bonchev–Trinajstić information content (AvgIpc) is 3.20. The van der Waals surface area contributed by atoms with Crippen LogP contribution in [0.2, 0.25) is 0 Å². The Kier molecular flexibility index (Phi) is 10.7. The number of rotatable bonds is 9. The van der Waals surface area contributed by atoms with Gasteiger partial charge in [0.1, 0.15) is 12.4 Å². The fourth-order valence-corrected chi connectivity index (χ4v) is 4.34. The summed E-state index contributed by atoms with van der Waals surface area (Å²) in [7, 11) is -1.43. The molecule has 1 aliphatic rings. The fourth-order valence-electron chi connectivity index (χ4n) is 3.71. The SMILES string of the molecule is CN=C(NCCOc1ccc(S(C)(=O)=O)cc1)NCC1CCCN1Cc1ccccc1.I. The zero-order valence-corrected chi connectivity index (χ0v) is 21.8. The Morgan fingerprint density at radius 1 is 1.12 bits per heavy atom. The van der Waals surface area contributed by atoms with Crippen LogP contribution in [0.3, 0.4) is 0 Å². The quantitative estimate of drug-likeness (QED) is 0.208. The van der Waals surface area contributed by atoms with Gasteiger partial charge in [0, 0.05) is 32.4 Å². The van der Waals surface area contributed by atoms with Crippen molar-refractivity contribution >= 4 is 39.8 Å². The van der Waals surface area contributed by atoms with E-state index in [1.807, 2.05) is 0 Å². The fraction of sp³-hybridized carbons (Fsp3) is 0.435. The molecule has 7 nitrogen and oxygen atoms in total. The molecule has 0 aliphatic carbocycles. The van der Waals surface area contributed by atoms with Crippen LogP contribution in [-0.2, 0) is 16.4 Å². The minimum atomic E-state index is -3.19. The van der Waals surface area contributed by atoms with Crippen LogP contribution in [0.5, 0.6) is 5.75 Å². The van der Waals surface area contributed by atoms with E-state index in [1.165, 1.54) is 24.7 Å². The number of hydrogen-bond acceptors (Lipinski definition) is 5. The summed E-state index contributed by atoms with van der Waals surface area (Å²) in [6.45, 7) is 3.99. The van der Waals surface area contributed by atoms with Crippen molar-refractivity contribution < 1.29 is 13.2 Å². The van der Waals surface area contributed by atoms with Crippen molar-refractivity contribution in [2.24, 2.45) is 4.99 Å². The van der Waals surface area contributed by atoms with Crippen molar-refractivity contribution in [2.45, 2.75) is 30.3 Å². The van der Waals surface area contributed by atoms with Crippen LogP contribution in [0.15, 0.2) is 64.5 Å². The number of ether oxygens (including phenoxy) is 1. The lowest BCUT2D eigenvalue weighted by Gasteiger charge is -2.25. The molecule has 1 saturated heterocycles. The molecule has 32 heavy (non-hydrogen) atoms. The number of nitrogens with zero attached hydrogens (tertiary/aromatic N) is 2. The number of sulfone groups is 1. The number of hydrogen-bond donors (Lipinski definition) is 2. The molecule has 0 radical (unpaired) electrons. The van der Waals surface area contributed by atoms with Gasteiger partial charge in [-0.2, -0.15) is 0 Å². The van der Waals surface area contributed by atoms with Crippen LogP contribution in [0, 0.1) is 0 Å². The highest BCUT2D eigenvalue weighted by molar-refractivity contribution is 14.0. The summed E-state index contributed by atoms with van der Waals surface area (Å²) in [6.07, 6.45) is 3.60. The summed E-state index contributed by atoms with van der Waals surface area (Å²) in [5, 5.41) is 6.69. The minimum absolute atomic E-state index is 0. The van der Waals surface area contributed by atoms with Gasteiger partial charge in [-0.15, -0.1) is 24.0 Å². The van der Waals surface area contributed by atoms with Crippen molar-refractivity contribution in [1.29, 1.82) is 0 Å². The smallest absolute Gasteiger partial charge is 0.191 e. The molecule has 176 valence electrons. The molecular weight excluding hydrogens is 539 g/mol. The Labute approximate surface area is 208 Å². The molecule has 1 aliphatic heterocycles. The number of likely N-dealkylation sites (tertiary alicyclic amines) is 1. The van der Waals surface area contributed by atoms with Crippen molar-refractivity contribution in [1.82, 2.24) is 15.5 Å². The molecule has 1 atom stereocenters. The van der Waals surface area contributed by atoms with Gasteiger partial charge in [-0.25, -0.2) is 8.42 Å². The Morgan fingerprint density at radius 2 is 1.84 bits per heavy atom. The second-order valence-corrected chi connectivity index (χ2v) is 9.74. The van der Waals surface area contributed by atoms with E-state index in [0.717, 1.165) is 25.6 Å². The molecule has 1 fully saturated rings. The molecule has 0 amide bonds. The normalized spacial score (nSPS) is 16.9. The molecule has 0 bridgehead atoms. The average molecular weight is 573 g/mol. The number of halogens is 1. The molecule has 0 saturated carbocycles. The first-order chi connectivity index (χ1) is 15.0. The third-order valence-corrected chi connectivity index (χ3v) is 6.50. The van der Waals surface area contributed by atoms with Gasteiger partial charge >= 0.3 is 0 Å². The topological polar surface area (TPSA) is 83.0 Å². The zero-order chi connectivity index (χ0) is 22.1. The molecule has 2 aromatic carbocycles. The second kappa shape index (κ2) is 13.0. The molecule has 3 rings (SSSR count). The van der Waals surface area contributed by atoms with Gasteiger partial charge < -0.3 is 15.4 Å². The van der Waals surface area contributed by atoms with Crippen LogP contribution in [0.1, 0.15) is 18.4 Å². The van der Waals surface area contributed by atoms with Gasteiger partial charge in [0.25, 0.3) is 0 Å². The van der Waals surface area contributed by atoms with Gasteiger partial charge in [0.15, 0.2) is 15.8 Å². The van der Waals surface area contributed by atoms with Gasteiger partial charge in [-0.3, -0.25) is 9.89 Å². The monoisotopic (exact) mass is 572 g/mol. The van der Waals surface area contributed by atoms with Gasteiger partial charge in [0.2, 0.25) is 0 Å². The van der Waals surface area contributed by atoms with Gasteiger partial charge in [-0.05, 0) is 49.2 Å². The number of nitrogens with one attached hydrogen (secondary N) is 2. The van der Waals surface area contributed by atoms with Crippen molar-refractivity contribution in [3.8, 4) is 5.75 Å². The summed E-state index contributed by atoms with van der Waals surface area (Å²) >= 11 is 0. The van der Waals surface area contributed by atoms with E-state index in [0.29, 0.717) is 24.9 Å². The van der Waals surface area contributed by atoms with E-state index in [4.69, 9.17) is 4.74 Å². The zero-order valence-electron chi connectivity index (χ0n) is 18.7. The molecular formula is C23H33IN4O3S. The largest absolute Gasteiger partial charge is 0.492 e. The van der Waals surface area contributed by atoms with Crippen LogP contribution >= 0.6 is 24.0 Å². The van der Waals surface area contributed by atoms with E-state index in [2.05, 4.69) is 50.9 Å². The maximum Gasteiger partial charge on any atom is 0.191 e. The molecule has 2 aromatic rings. The predicted molar refractivity (Wildman–Crippen MR) is 140 cm³/mol. The lowest BCUT2D eigenvalue weighted by molar-refractivity contribution is 0.245. The van der Waals surface area contributed by atoms with E-state index in [9.17, 15) is 8.42 Å². The molecule has 2 N–H and O–H groups in total. The first-order valence-electron chi connectivity index (χ1n) is 10.6. The van der Waals surface area contributed by atoms with E-state index in [1.54, 1.807) is 31.3 Å². The van der Waals surface area contributed by atoms with Crippen LogP contribution < -0.4 is 15.4 Å². The standard InChI is InChI=1S/C23H32N4O3S.HI/c1-24-23(25-14-16-30-21-10-12-22(13-11-21)31(2,28)29)26-17-20-9-6-15-27(20)18-19-7-4-3-5-8-19;/h3-5,7-8,10-13,20H,6,9,14-18H2,1-2H3,(H2,24,25,26);1H. The highest BCUT2D eigenvalue weighted by Gasteiger charge is 2.24. The Hall–Kier alpha value is -1.85. The van der Waals surface area contributed by atoms with Gasteiger partial charge in [0.05, 0.1) is 11.4 Å². The first kappa shape index (κ1) is 26.4. The summed E-state index contributed by atoms with van der Waals surface area (Å²) in [5.41, 5.74) is 1.35. The minimum Gasteiger partial charge on any atom is -0.492 e. The highest BCUT2D eigenvalue weighted by Crippen LogP contribution is 2.19. The third kappa shape index (κ3) is 8.25. The molecule has 9 heteroatoms. The van der Waals surface area contributed by atoms with Crippen LogP contribution in [0.4, 0.5) is 0 Å². The molecule has 1 unspecified atom stereocenters. The summed E-state index contributed by atoms with van der Waals surface area (Å²) in [6, 6.07) is 17.5. The van der Waals surface area contributed by atoms with Crippen LogP contribution in [0.25, 0.3) is 0 Å². The third-order valence-electron chi connectivity index (χ3n) is 5.37. The van der Waals surface area contributed by atoms with Crippen molar-refractivity contribution in [3.05, 3.63) is 60.2 Å². The van der Waals surface area contributed by atoms with E-state index < -0.39 is 9.84 Å². The number of aliphatic imine (C=N–C) groups is 1. The lowest BCUT2D eigenvalue weighted by Crippen LogP contribution is -2.45. The molecule has 0 aromatic heterocycles. The number of guanidine groups is 1.